The maximum atomic E-state index is 3.73. The Morgan fingerprint density at radius 2 is 1.63 bits per heavy atom. The van der Waals surface area contributed by atoms with Gasteiger partial charge in [-0.05, 0) is 82.2 Å². The molecular formula is C17H30N2. The van der Waals surface area contributed by atoms with Crippen molar-refractivity contribution < 1.29 is 0 Å². The van der Waals surface area contributed by atoms with Crippen molar-refractivity contribution in [2.75, 3.05) is 20.1 Å². The van der Waals surface area contributed by atoms with Gasteiger partial charge in [0.2, 0.25) is 0 Å². The molecule has 2 heteroatoms. The van der Waals surface area contributed by atoms with Crippen molar-refractivity contribution in [1.29, 1.82) is 0 Å². The molecule has 5 fully saturated rings. The van der Waals surface area contributed by atoms with Crippen molar-refractivity contribution in [2.24, 2.45) is 23.7 Å². The largest absolute Gasteiger partial charge is 0.313 e. The third kappa shape index (κ3) is 2.35. The van der Waals surface area contributed by atoms with Crippen LogP contribution in [0.1, 0.15) is 51.4 Å². The lowest BCUT2D eigenvalue weighted by Crippen LogP contribution is -2.57. The Labute approximate surface area is 118 Å². The van der Waals surface area contributed by atoms with E-state index in [2.05, 4.69) is 17.3 Å². The highest BCUT2D eigenvalue weighted by Crippen LogP contribution is 2.54. The number of likely N-dealkylation sites (N-methyl/N-ethyl adjacent to an activating group) is 1. The zero-order valence-corrected chi connectivity index (χ0v) is 12.5. The Hall–Kier alpha value is -0.0800. The monoisotopic (exact) mass is 262 g/mol. The van der Waals surface area contributed by atoms with Gasteiger partial charge >= 0.3 is 0 Å². The summed E-state index contributed by atoms with van der Waals surface area (Å²) in [5, 5.41) is 3.73. The first-order valence-electron chi connectivity index (χ1n) is 8.73. The smallest absolute Gasteiger partial charge is 0.0195 e. The highest BCUT2D eigenvalue weighted by atomic mass is 15.2. The fraction of sp³-hybridized carbons (Fsp3) is 1.00. The summed E-state index contributed by atoms with van der Waals surface area (Å²) >= 11 is 0. The van der Waals surface area contributed by atoms with Gasteiger partial charge in [0.05, 0.1) is 0 Å². The van der Waals surface area contributed by atoms with Crippen LogP contribution in [0.2, 0.25) is 0 Å². The summed E-state index contributed by atoms with van der Waals surface area (Å²) in [7, 11) is 2.42. The molecule has 1 aliphatic heterocycles. The third-order valence-electron chi connectivity index (χ3n) is 6.61. The minimum absolute atomic E-state index is 0.774. The summed E-state index contributed by atoms with van der Waals surface area (Å²) in [5.41, 5.74) is 0. The first kappa shape index (κ1) is 12.6. The van der Waals surface area contributed by atoms with Gasteiger partial charge in [-0.1, -0.05) is 6.42 Å². The molecular weight excluding hydrogens is 232 g/mol. The van der Waals surface area contributed by atoms with E-state index in [-0.39, 0.29) is 0 Å². The van der Waals surface area contributed by atoms with Crippen LogP contribution < -0.4 is 5.32 Å². The molecule has 1 unspecified atom stereocenters. The van der Waals surface area contributed by atoms with E-state index >= 15 is 0 Å². The minimum Gasteiger partial charge on any atom is -0.313 e. The SMILES string of the molecule is CN(CC1CCCCN1)C1C2CC3CC(C2)CC1C3. The first-order valence-corrected chi connectivity index (χ1v) is 8.73. The third-order valence-corrected chi connectivity index (χ3v) is 6.61. The van der Waals surface area contributed by atoms with E-state index in [1.165, 1.54) is 32.4 Å². The zero-order chi connectivity index (χ0) is 12.8. The Morgan fingerprint density at radius 1 is 0.947 bits per heavy atom. The summed E-state index contributed by atoms with van der Waals surface area (Å²) in [6, 6.07) is 1.70. The molecule has 0 spiro atoms. The van der Waals surface area contributed by atoms with Crippen LogP contribution in [0, 0.1) is 23.7 Å². The van der Waals surface area contributed by atoms with Gasteiger partial charge in [0.25, 0.3) is 0 Å². The van der Waals surface area contributed by atoms with E-state index in [0.717, 1.165) is 35.8 Å². The van der Waals surface area contributed by atoms with Crippen LogP contribution >= 0.6 is 0 Å². The molecule has 4 aliphatic carbocycles. The van der Waals surface area contributed by atoms with Crippen LogP contribution in [-0.2, 0) is 0 Å². The first-order chi connectivity index (χ1) is 9.29. The van der Waals surface area contributed by atoms with E-state index in [1.807, 2.05) is 0 Å². The van der Waals surface area contributed by atoms with E-state index < -0.39 is 0 Å². The molecule has 5 aliphatic rings. The van der Waals surface area contributed by atoms with E-state index in [1.54, 1.807) is 32.1 Å². The van der Waals surface area contributed by atoms with Gasteiger partial charge in [0, 0.05) is 18.6 Å². The average molecular weight is 262 g/mol. The number of rotatable bonds is 3. The molecule has 0 aromatic heterocycles. The Kier molecular flexibility index (Phi) is 3.35. The highest BCUT2D eigenvalue weighted by molar-refractivity contribution is 5.02. The minimum atomic E-state index is 0.774. The second-order valence-corrected chi connectivity index (χ2v) is 8.01. The predicted octanol–water partition coefficient (Wildman–Crippen LogP) is 2.89. The summed E-state index contributed by atoms with van der Waals surface area (Å²) < 4.78 is 0. The molecule has 4 bridgehead atoms. The van der Waals surface area contributed by atoms with Gasteiger partial charge < -0.3 is 10.2 Å². The van der Waals surface area contributed by atoms with Crippen LogP contribution in [0.25, 0.3) is 0 Å². The van der Waals surface area contributed by atoms with Crippen LogP contribution in [0.5, 0.6) is 0 Å². The fourth-order valence-corrected chi connectivity index (χ4v) is 6.17. The molecule has 5 rings (SSSR count). The molecule has 1 saturated heterocycles. The molecule has 0 amide bonds. The quantitative estimate of drug-likeness (QED) is 0.841. The Morgan fingerprint density at radius 3 is 2.21 bits per heavy atom. The van der Waals surface area contributed by atoms with Crippen LogP contribution in [0.4, 0.5) is 0 Å². The van der Waals surface area contributed by atoms with Crippen LogP contribution in [0.15, 0.2) is 0 Å². The molecule has 1 heterocycles. The van der Waals surface area contributed by atoms with Gasteiger partial charge in [-0.15, -0.1) is 0 Å². The van der Waals surface area contributed by atoms with Crippen molar-refractivity contribution in [3.05, 3.63) is 0 Å². The van der Waals surface area contributed by atoms with Crippen molar-refractivity contribution >= 4 is 0 Å². The van der Waals surface area contributed by atoms with Gasteiger partial charge in [0.15, 0.2) is 0 Å². The fourth-order valence-electron chi connectivity index (χ4n) is 6.17. The van der Waals surface area contributed by atoms with Crippen LogP contribution in [0.3, 0.4) is 0 Å². The number of hydrogen-bond donors (Lipinski definition) is 1. The second-order valence-electron chi connectivity index (χ2n) is 8.01. The van der Waals surface area contributed by atoms with Gasteiger partial charge in [-0.3, -0.25) is 0 Å². The number of hydrogen-bond acceptors (Lipinski definition) is 2. The predicted molar refractivity (Wildman–Crippen MR) is 79.1 cm³/mol. The molecule has 108 valence electrons. The highest BCUT2D eigenvalue weighted by Gasteiger charge is 2.49. The Balaban J connectivity index is 1.40. The lowest BCUT2D eigenvalue weighted by atomic mass is 9.54. The van der Waals surface area contributed by atoms with Crippen molar-refractivity contribution in [3.8, 4) is 0 Å². The Bertz CT molecular complexity index is 293. The van der Waals surface area contributed by atoms with Crippen molar-refractivity contribution in [3.63, 3.8) is 0 Å². The molecule has 0 aromatic carbocycles. The maximum absolute atomic E-state index is 3.73. The summed E-state index contributed by atoms with van der Waals surface area (Å²) in [5.74, 6) is 4.31. The lowest BCUT2D eigenvalue weighted by molar-refractivity contribution is -0.0598. The standard InChI is InChI=1S/C17H30N2/c1-19(11-16-4-2-3-5-18-16)17-14-7-12-6-13(9-14)10-15(17)8-12/h12-18H,2-11H2,1H3. The van der Waals surface area contributed by atoms with E-state index in [0.29, 0.717) is 0 Å². The van der Waals surface area contributed by atoms with Gasteiger partial charge in [0.1, 0.15) is 0 Å². The summed E-state index contributed by atoms with van der Waals surface area (Å²) in [6.07, 6.45) is 12.0. The van der Waals surface area contributed by atoms with Gasteiger partial charge in [-0.25, -0.2) is 0 Å². The molecule has 1 atom stereocenters. The number of nitrogens with one attached hydrogen (secondary N) is 1. The number of nitrogens with zero attached hydrogens (tertiary/aromatic N) is 1. The molecule has 0 aromatic rings. The lowest BCUT2D eigenvalue weighted by Gasteiger charge is -2.57. The van der Waals surface area contributed by atoms with Crippen molar-refractivity contribution in [2.45, 2.75) is 63.5 Å². The molecule has 0 radical (unpaired) electrons. The average Bonchev–Trinajstić information content (AvgIpc) is 2.38. The number of piperidine rings is 1. The van der Waals surface area contributed by atoms with E-state index in [4.69, 9.17) is 0 Å². The molecule has 19 heavy (non-hydrogen) atoms. The summed E-state index contributed by atoms with van der Waals surface area (Å²) in [6.45, 7) is 2.55. The maximum Gasteiger partial charge on any atom is 0.0195 e. The summed E-state index contributed by atoms with van der Waals surface area (Å²) in [4.78, 5) is 2.76. The van der Waals surface area contributed by atoms with E-state index in [9.17, 15) is 0 Å². The van der Waals surface area contributed by atoms with Crippen molar-refractivity contribution in [1.82, 2.24) is 10.2 Å². The van der Waals surface area contributed by atoms with Gasteiger partial charge in [-0.2, -0.15) is 0 Å². The molecule has 4 saturated carbocycles. The van der Waals surface area contributed by atoms with Crippen LogP contribution in [-0.4, -0.2) is 37.1 Å². The molecule has 1 N–H and O–H groups in total. The molecule has 2 nitrogen and oxygen atoms in total. The normalized spacial score (nSPS) is 48.9. The second kappa shape index (κ2) is 5.04. The topological polar surface area (TPSA) is 15.3 Å². The zero-order valence-electron chi connectivity index (χ0n) is 12.5.